The molecule has 0 atom stereocenters. The van der Waals surface area contributed by atoms with Crippen LogP contribution in [0.3, 0.4) is 0 Å². The molecular weight excluding hydrogens is 483 g/mol. The van der Waals surface area contributed by atoms with Gasteiger partial charge >= 0.3 is 0 Å². The molecule has 1 aliphatic rings. The number of carbonyl (C=O) groups excluding carboxylic acids is 1. The second kappa shape index (κ2) is 9.15. The maximum absolute atomic E-state index is 12.6. The summed E-state index contributed by atoms with van der Waals surface area (Å²) in [6.45, 7) is 7.16. The monoisotopic (exact) mass is 504 g/mol. The van der Waals surface area contributed by atoms with E-state index in [2.05, 4.69) is 22.0 Å². The van der Waals surface area contributed by atoms with Crippen molar-refractivity contribution in [1.29, 1.82) is 0 Å². The zero-order valence-electron chi connectivity index (χ0n) is 17.5. The van der Waals surface area contributed by atoms with E-state index in [1.807, 2.05) is 36.4 Å². The predicted molar refractivity (Wildman–Crippen MR) is 137 cm³/mol. The number of hydrogen-bond acceptors (Lipinski definition) is 6. The number of hydrogen-bond donors (Lipinski definition) is 1. The minimum atomic E-state index is -0.100. The number of rotatable bonds is 5. The number of anilines is 1. The third kappa shape index (κ3) is 4.20. The van der Waals surface area contributed by atoms with Crippen LogP contribution in [0.1, 0.15) is 15.2 Å². The maximum atomic E-state index is 12.6. The molecule has 1 amide bonds. The molecule has 0 bridgehead atoms. The number of thiazole rings is 1. The van der Waals surface area contributed by atoms with Gasteiger partial charge in [-0.25, -0.2) is 4.98 Å². The van der Waals surface area contributed by atoms with Crippen molar-refractivity contribution in [3.8, 4) is 0 Å². The fourth-order valence-electron chi connectivity index (χ4n) is 3.96. The van der Waals surface area contributed by atoms with Gasteiger partial charge in [0.1, 0.15) is 4.88 Å². The molecule has 166 valence electrons. The van der Waals surface area contributed by atoms with E-state index in [0.717, 1.165) is 68.7 Å². The van der Waals surface area contributed by atoms with Crippen molar-refractivity contribution in [2.45, 2.75) is 6.92 Å². The molecule has 5 nitrogen and oxygen atoms in total. The zero-order valence-corrected chi connectivity index (χ0v) is 20.7. The number of halogens is 2. The number of aromatic nitrogens is 1. The third-order valence-electron chi connectivity index (χ3n) is 5.78. The average Bonchev–Trinajstić information content (AvgIpc) is 3.40. The average molecular weight is 505 g/mol. The van der Waals surface area contributed by atoms with Crippen molar-refractivity contribution >= 4 is 77.2 Å². The summed E-state index contributed by atoms with van der Waals surface area (Å²) in [7, 11) is 0. The predicted octanol–water partition coefficient (Wildman–Crippen LogP) is 5.68. The van der Waals surface area contributed by atoms with E-state index in [1.165, 1.54) is 11.3 Å². The number of carbonyl (C=O) groups is 1. The molecule has 0 saturated carbocycles. The Morgan fingerprint density at radius 3 is 2.62 bits per heavy atom. The molecule has 0 aliphatic carbocycles. The first-order valence-corrected chi connectivity index (χ1v) is 12.9. The molecule has 0 radical (unpaired) electrons. The van der Waals surface area contributed by atoms with Gasteiger partial charge in [0.15, 0.2) is 5.13 Å². The minimum absolute atomic E-state index is 0.100. The second-order valence-electron chi connectivity index (χ2n) is 7.86. The lowest BCUT2D eigenvalue weighted by molar-refractivity contribution is 0.0952. The van der Waals surface area contributed by atoms with Gasteiger partial charge in [0.25, 0.3) is 5.91 Å². The Hall–Kier alpha value is -1.90. The molecule has 3 heterocycles. The van der Waals surface area contributed by atoms with Crippen LogP contribution in [0.5, 0.6) is 0 Å². The molecule has 5 rings (SSSR count). The summed E-state index contributed by atoms with van der Waals surface area (Å²) in [5.74, 6) is -0.100. The lowest BCUT2D eigenvalue weighted by Crippen LogP contribution is -2.48. The Bertz CT molecular complexity index is 1260. The lowest BCUT2D eigenvalue weighted by atomic mass is 10.2. The highest BCUT2D eigenvalue weighted by Gasteiger charge is 2.21. The molecule has 2 aromatic carbocycles. The van der Waals surface area contributed by atoms with Crippen LogP contribution in [-0.2, 0) is 0 Å². The fraction of sp³-hybridized carbons (Fsp3) is 0.304. The lowest BCUT2D eigenvalue weighted by Gasteiger charge is -2.34. The molecular formula is C23H22Cl2N4OS2. The molecule has 1 saturated heterocycles. The summed E-state index contributed by atoms with van der Waals surface area (Å²) in [5, 5.41) is 6.31. The van der Waals surface area contributed by atoms with Gasteiger partial charge in [0.2, 0.25) is 0 Å². The van der Waals surface area contributed by atoms with E-state index >= 15 is 0 Å². The standard InChI is InChI=1S/C23H22Cl2N4OS2/c1-14-6-7-16(24)20-19(14)27-23(32-20)29-12-10-28(11-13-29)9-8-26-22(30)21-18(25)15-4-2-3-5-17(15)31-21/h2-7H,8-13H2,1H3,(H,26,30). The SMILES string of the molecule is Cc1ccc(Cl)c2sc(N3CCN(CCNC(=O)c4sc5ccccc5c4Cl)CC3)nc12. The van der Waals surface area contributed by atoms with Gasteiger partial charge in [-0.15, -0.1) is 11.3 Å². The quantitative estimate of drug-likeness (QED) is 0.379. The van der Waals surface area contributed by atoms with Gasteiger partial charge in [0, 0.05) is 49.4 Å². The molecule has 32 heavy (non-hydrogen) atoms. The van der Waals surface area contributed by atoms with E-state index in [4.69, 9.17) is 28.2 Å². The number of aryl methyl sites for hydroxylation is 1. The Balaban J connectivity index is 1.14. The summed E-state index contributed by atoms with van der Waals surface area (Å²) in [6.07, 6.45) is 0. The highest BCUT2D eigenvalue weighted by molar-refractivity contribution is 7.23. The van der Waals surface area contributed by atoms with Crippen molar-refractivity contribution in [2.24, 2.45) is 0 Å². The highest BCUT2D eigenvalue weighted by Crippen LogP contribution is 2.36. The topological polar surface area (TPSA) is 48.5 Å². The van der Waals surface area contributed by atoms with Crippen molar-refractivity contribution < 1.29 is 4.79 Å². The van der Waals surface area contributed by atoms with Crippen molar-refractivity contribution in [1.82, 2.24) is 15.2 Å². The maximum Gasteiger partial charge on any atom is 0.262 e. The number of fused-ring (bicyclic) bond motifs is 2. The summed E-state index contributed by atoms with van der Waals surface area (Å²) >= 11 is 15.9. The van der Waals surface area contributed by atoms with Gasteiger partial charge in [-0.3, -0.25) is 9.69 Å². The Kier molecular flexibility index (Phi) is 6.27. The largest absolute Gasteiger partial charge is 0.350 e. The summed E-state index contributed by atoms with van der Waals surface area (Å²) < 4.78 is 2.09. The third-order valence-corrected chi connectivity index (χ3v) is 9.03. The summed E-state index contributed by atoms with van der Waals surface area (Å²) in [6, 6.07) is 11.8. The first kappa shape index (κ1) is 21.9. The van der Waals surface area contributed by atoms with E-state index in [-0.39, 0.29) is 5.91 Å². The van der Waals surface area contributed by atoms with Crippen LogP contribution in [0.4, 0.5) is 5.13 Å². The van der Waals surface area contributed by atoms with Crippen LogP contribution in [0.15, 0.2) is 36.4 Å². The van der Waals surface area contributed by atoms with E-state index in [9.17, 15) is 4.79 Å². The Labute approximate surface area is 204 Å². The Morgan fingerprint density at radius 1 is 1.09 bits per heavy atom. The molecule has 1 fully saturated rings. The van der Waals surface area contributed by atoms with Crippen LogP contribution in [0.25, 0.3) is 20.3 Å². The zero-order chi connectivity index (χ0) is 22.2. The normalized spacial score (nSPS) is 15.0. The van der Waals surface area contributed by atoms with Gasteiger partial charge in [-0.1, -0.05) is 58.8 Å². The first-order valence-electron chi connectivity index (χ1n) is 10.5. The van der Waals surface area contributed by atoms with Crippen molar-refractivity contribution in [3.63, 3.8) is 0 Å². The van der Waals surface area contributed by atoms with Crippen LogP contribution in [0.2, 0.25) is 10.0 Å². The smallest absolute Gasteiger partial charge is 0.262 e. The number of nitrogens with one attached hydrogen (secondary N) is 1. The summed E-state index contributed by atoms with van der Waals surface area (Å²) in [4.78, 5) is 22.7. The molecule has 4 aromatic rings. The molecule has 1 N–H and O–H groups in total. The Morgan fingerprint density at radius 2 is 1.88 bits per heavy atom. The minimum Gasteiger partial charge on any atom is -0.350 e. The van der Waals surface area contributed by atoms with E-state index in [1.54, 1.807) is 11.3 Å². The summed E-state index contributed by atoms with van der Waals surface area (Å²) in [5.41, 5.74) is 2.16. The van der Waals surface area contributed by atoms with Gasteiger partial charge in [-0.05, 0) is 24.6 Å². The van der Waals surface area contributed by atoms with Gasteiger partial charge in [0.05, 0.1) is 20.3 Å². The van der Waals surface area contributed by atoms with Crippen LogP contribution >= 0.6 is 45.9 Å². The van der Waals surface area contributed by atoms with Crippen molar-refractivity contribution in [2.75, 3.05) is 44.2 Å². The number of amides is 1. The highest BCUT2D eigenvalue weighted by atomic mass is 35.5. The van der Waals surface area contributed by atoms with Crippen LogP contribution in [0, 0.1) is 6.92 Å². The van der Waals surface area contributed by atoms with E-state index in [0.29, 0.717) is 16.4 Å². The van der Waals surface area contributed by atoms with E-state index < -0.39 is 0 Å². The molecule has 9 heteroatoms. The first-order chi connectivity index (χ1) is 15.5. The van der Waals surface area contributed by atoms with Crippen molar-refractivity contribution in [3.05, 3.63) is 56.9 Å². The number of nitrogens with zero attached hydrogens (tertiary/aromatic N) is 3. The molecule has 2 aromatic heterocycles. The fourth-order valence-corrected chi connectivity index (χ4v) is 6.76. The van der Waals surface area contributed by atoms with Crippen LogP contribution < -0.4 is 10.2 Å². The van der Waals surface area contributed by atoms with Crippen LogP contribution in [-0.4, -0.2) is 55.1 Å². The van der Waals surface area contributed by atoms with Gasteiger partial charge < -0.3 is 10.2 Å². The number of benzene rings is 2. The molecule has 0 spiro atoms. The molecule has 1 aliphatic heterocycles. The van der Waals surface area contributed by atoms with Gasteiger partial charge in [-0.2, -0.15) is 0 Å². The second-order valence-corrected chi connectivity index (χ2v) is 10.7. The molecule has 0 unspecified atom stereocenters. The number of piperazine rings is 1. The number of thiophene rings is 1.